The molecule has 0 saturated carbocycles. The number of hydrogen-bond donors (Lipinski definition) is 1. The van der Waals surface area contributed by atoms with Crippen LogP contribution in [0.15, 0.2) is 29.2 Å². The molecule has 13 heavy (non-hydrogen) atoms. The van der Waals surface area contributed by atoms with Crippen molar-refractivity contribution in [2.24, 2.45) is 0 Å². The Labute approximate surface area is 88.7 Å². The van der Waals surface area contributed by atoms with Crippen molar-refractivity contribution in [3.05, 3.63) is 24.3 Å². The zero-order chi connectivity index (χ0) is 9.90. The van der Waals surface area contributed by atoms with Gasteiger partial charge in [0.05, 0.1) is 0 Å². The zero-order valence-electron chi connectivity index (χ0n) is 8.07. The molecule has 1 nitrogen and oxygen atoms in total. The normalized spacial score (nSPS) is 11.4. The van der Waals surface area contributed by atoms with Gasteiger partial charge in [-0.1, -0.05) is 10.8 Å². The lowest BCUT2D eigenvalue weighted by atomic mass is 10.2. The first-order chi connectivity index (χ1) is 6.01. The van der Waals surface area contributed by atoms with E-state index >= 15 is 0 Å². The lowest BCUT2D eigenvalue weighted by Gasteiger charge is -2.21. The third-order valence-electron chi connectivity index (χ3n) is 1.35. The van der Waals surface area contributed by atoms with Gasteiger partial charge in [-0.25, -0.2) is 0 Å². The Hall–Kier alpha value is -0.280. The van der Waals surface area contributed by atoms with Crippen LogP contribution in [0, 0.1) is 0 Å². The van der Waals surface area contributed by atoms with Crippen LogP contribution in [0.25, 0.3) is 0 Å². The highest BCUT2D eigenvalue weighted by molar-refractivity contribution is 8.68. The second-order valence-corrected chi connectivity index (χ2v) is 4.98. The first kappa shape index (κ1) is 10.8. The minimum atomic E-state index is -0.129. The van der Waals surface area contributed by atoms with E-state index in [2.05, 4.69) is 11.7 Å². The van der Waals surface area contributed by atoms with Crippen LogP contribution in [0.4, 0.5) is 0 Å². The number of hydrogen-bond acceptors (Lipinski definition) is 3. The summed E-state index contributed by atoms with van der Waals surface area (Å²) in [5, 5.41) is 0. The Morgan fingerprint density at radius 3 is 2.08 bits per heavy atom. The highest BCUT2D eigenvalue weighted by atomic mass is 33.1. The topological polar surface area (TPSA) is 9.23 Å². The molecule has 0 aliphatic carbocycles. The van der Waals surface area contributed by atoms with Crippen molar-refractivity contribution in [3.63, 3.8) is 0 Å². The van der Waals surface area contributed by atoms with Gasteiger partial charge in [-0.2, -0.15) is 0 Å². The van der Waals surface area contributed by atoms with E-state index in [9.17, 15) is 0 Å². The Bertz CT molecular complexity index is 261. The van der Waals surface area contributed by atoms with Gasteiger partial charge < -0.3 is 4.74 Å². The Balaban J connectivity index is 2.70. The van der Waals surface area contributed by atoms with Crippen molar-refractivity contribution >= 4 is 22.5 Å². The average Bonchev–Trinajstić information content (AvgIpc) is 2.03. The number of rotatable bonds is 2. The molecule has 0 aliphatic rings. The molecule has 0 amide bonds. The van der Waals surface area contributed by atoms with E-state index < -0.39 is 0 Å². The quantitative estimate of drug-likeness (QED) is 0.592. The highest BCUT2D eigenvalue weighted by Crippen LogP contribution is 2.25. The summed E-state index contributed by atoms with van der Waals surface area (Å²) in [6, 6.07) is 7.92. The van der Waals surface area contributed by atoms with Gasteiger partial charge in [0.25, 0.3) is 0 Å². The van der Waals surface area contributed by atoms with E-state index in [1.54, 1.807) is 0 Å². The van der Waals surface area contributed by atoms with Crippen LogP contribution in [-0.2, 0) is 0 Å². The lowest BCUT2D eigenvalue weighted by Crippen LogP contribution is -2.22. The van der Waals surface area contributed by atoms with Crippen LogP contribution in [0.5, 0.6) is 5.75 Å². The molecule has 0 unspecified atom stereocenters. The van der Waals surface area contributed by atoms with E-state index in [-0.39, 0.29) is 5.60 Å². The molecule has 1 aromatic carbocycles. The Morgan fingerprint density at radius 1 is 1.15 bits per heavy atom. The summed E-state index contributed by atoms with van der Waals surface area (Å²) in [5.41, 5.74) is -0.129. The van der Waals surface area contributed by atoms with Crippen molar-refractivity contribution in [1.29, 1.82) is 0 Å². The van der Waals surface area contributed by atoms with Gasteiger partial charge in [0, 0.05) is 4.90 Å². The van der Waals surface area contributed by atoms with Crippen LogP contribution in [0.2, 0.25) is 0 Å². The molecule has 0 heterocycles. The summed E-state index contributed by atoms with van der Waals surface area (Å²) in [6.45, 7) is 6.11. The predicted octanol–water partition coefficient (Wildman–Crippen LogP) is 3.80. The third-order valence-corrected chi connectivity index (χ3v) is 2.47. The third kappa shape index (κ3) is 3.96. The van der Waals surface area contributed by atoms with E-state index in [1.807, 2.05) is 45.0 Å². The molecule has 0 N–H and O–H groups in total. The van der Waals surface area contributed by atoms with Crippen LogP contribution < -0.4 is 4.74 Å². The smallest absolute Gasteiger partial charge is 0.120 e. The molecule has 0 saturated heterocycles. The summed E-state index contributed by atoms with van der Waals surface area (Å²) in [6.07, 6.45) is 0. The molecule has 0 bridgehead atoms. The van der Waals surface area contributed by atoms with Gasteiger partial charge in [0.15, 0.2) is 0 Å². The second kappa shape index (κ2) is 4.29. The highest BCUT2D eigenvalue weighted by Gasteiger charge is 2.10. The maximum Gasteiger partial charge on any atom is 0.120 e. The summed E-state index contributed by atoms with van der Waals surface area (Å²) in [4.78, 5) is 1.13. The number of thiol groups is 1. The summed E-state index contributed by atoms with van der Waals surface area (Å²) in [5.74, 6) is 0.902. The van der Waals surface area contributed by atoms with E-state index in [4.69, 9.17) is 4.74 Å². The molecule has 0 radical (unpaired) electrons. The van der Waals surface area contributed by atoms with Gasteiger partial charge in [-0.05, 0) is 45.0 Å². The molecule has 0 atom stereocenters. The zero-order valence-corrected chi connectivity index (χ0v) is 9.78. The van der Waals surface area contributed by atoms with Gasteiger partial charge >= 0.3 is 0 Å². The maximum absolute atomic E-state index is 5.67. The van der Waals surface area contributed by atoms with Gasteiger partial charge in [0.2, 0.25) is 0 Å². The molecule has 0 aromatic heterocycles. The predicted molar refractivity (Wildman–Crippen MR) is 61.7 cm³/mol. The summed E-state index contributed by atoms with van der Waals surface area (Å²) >= 11 is 4.11. The van der Waals surface area contributed by atoms with Gasteiger partial charge in [-0.3, -0.25) is 0 Å². The van der Waals surface area contributed by atoms with Crippen molar-refractivity contribution in [3.8, 4) is 5.75 Å². The molecular formula is C10H14OS2. The standard InChI is InChI=1S/C10H14OS2/c1-10(2,3)11-8-4-6-9(13-12)7-5-8/h4-7,12H,1-3H3. The lowest BCUT2D eigenvalue weighted by molar-refractivity contribution is 0.131. The van der Waals surface area contributed by atoms with Crippen LogP contribution in [0.3, 0.4) is 0 Å². The van der Waals surface area contributed by atoms with E-state index in [1.165, 1.54) is 10.8 Å². The molecule has 0 aliphatic heterocycles. The van der Waals surface area contributed by atoms with Gasteiger partial charge in [0.1, 0.15) is 11.4 Å². The van der Waals surface area contributed by atoms with Crippen LogP contribution in [0.1, 0.15) is 20.8 Å². The molecule has 0 spiro atoms. The maximum atomic E-state index is 5.67. The van der Waals surface area contributed by atoms with E-state index in [0.717, 1.165) is 10.6 Å². The summed E-state index contributed by atoms with van der Waals surface area (Å²) in [7, 11) is 1.43. The largest absolute Gasteiger partial charge is 0.488 e. The van der Waals surface area contributed by atoms with Crippen molar-refractivity contribution in [1.82, 2.24) is 0 Å². The number of ether oxygens (including phenoxy) is 1. The monoisotopic (exact) mass is 214 g/mol. The van der Waals surface area contributed by atoms with Crippen molar-refractivity contribution in [2.75, 3.05) is 0 Å². The molecule has 1 aromatic rings. The first-order valence-corrected chi connectivity index (χ1v) is 5.99. The van der Waals surface area contributed by atoms with Crippen molar-refractivity contribution in [2.45, 2.75) is 31.3 Å². The fourth-order valence-electron chi connectivity index (χ4n) is 0.922. The molecule has 1 rings (SSSR count). The molecule has 0 fully saturated rings. The Kier molecular flexibility index (Phi) is 3.56. The fraction of sp³-hybridized carbons (Fsp3) is 0.400. The molecule has 3 heteroatoms. The van der Waals surface area contributed by atoms with Crippen LogP contribution >= 0.6 is 22.5 Å². The van der Waals surface area contributed by atoms with Gasteiger partial charge in [-0.15, -0.1) is 11.7 Å². The fourth-order valence-corrected chi connectivity index (χ4v) is 1.55. The van der Waals surface area contributed by atoms with E-state index in [0.29, 0.717) is 0 Å². The SMILES string of the molecule is CC(C)(C)Oc1ccc(SS)cc1. The number of benzene rings is 1. The average molecular weight is 214 g/mol. The second-order valence-electron chi connectivity index (χ2n) is 3.78. The molecule has 72 valence electrons. The van der Waals surface area contributed by atoms with Crippen molar-refractivity contribution < 1.29 is 4.74 Å². The molecular weight excluding hydrogens is 200 g/mol. The first-order valence-electron chi connectivity index (χ1n) is 4.12. The summed E-state index contributed by atoms with van der Waals surface area (Å²) < 4.78 is 5.67. The Morgan fingerprint density at radius 2 is 1.69 bits per heavy atom. The minimum absolute atomic E-state index is 0.129. The minimum Gasteiger partial charge on any atom is -0.488 e. The van der Waals surface area contributed by atoms with Crippen LogP contribution in [-0.4, -0.2) is 5.60 Å².